The molecule has 0 fully saturated rings. The standard InChI is InChI=1S/C30H23N5OSe/c1-33-20-34(25-10-3-2-9-24(25)33)21-7-6-8-22(17-21)36-23-12-13-28-26(18-23)35(30-11-4-5-15-32-30)27-19-31-16-14-29(27)37-28/h2-19H,20H2,1H3. The number of anilines is 6. The summed E-state index contributed by atoms with van der Waals surface area (Å²) in [6.07, 6.45) is 5.62. The summed E-state index contributed by atoms with van der Waals surface area (Å²) in [6.45, 7) is 0.802. The third-order valence-electron chi connectivity index (χ3n) is 6.57. The number of hydrogen-bond acceptors (Lipinski definition) is 6. The van der Waals surface area contributed by atoms with Gasteiger partial charge in [-0.3, -0.25) is 0 Å². The Morgan fingerprint density at radius 1 is 0.730 bits per heavy atom. The van der Waals surface area contributed by atoms with Gasteiger partial charge in [0.2, 0.25) is 0 Å². The molecule has 37 heavy (non-hydrogen) atoms. The predicted molar refractivity (Wildman–Crippen MR) is 150 cm³/mol. The van der Waals surface area contributed by atoms with Crippen molar-refractivity contribution in [1.29, 1.82) is 0 Å². The zero-order valence-corrected chi connectivity index (χ0v) is 21.9. The van der Waals surface area contributed by atoms with Gasteiger partial charge in [-0.1, -0.05) is 6.07 Å². The molecule has 0 N–H and O–H groups in total. The number of rotatable bonds is 4. The third kappa shape index (κ3) is 3.89. The molecule has 0 saturated carbocycles. The molecule has 2 aliphatic heterocycles. The molecule has 0 saturated heterocycles. The summed E-state index contributed by atoms with van der Waals surface area (Å²) in [5.74, 6) is 2.46. The number of hydrogen-bond donors (Lipinski definition) is 0. The second-order valence-corrected chi connectivity index (χ2v) is 11.2. The Balaban J connectivity index is 1.23. The van der Waals surface area contributed by atoms with Crippen LogP contribution in [0.2, 0.25) is 0 Å². The average Bonchev–Trinajstić information content (AvgIpc) is 3.29. The molecule has 0 aliphatic carbocycles. The van der Waals surface area contributed by atoms with Gasteiger partial charge in [-0.05, 0) is 0 Å². The zero-order valence-electron chi connectivity index (χ0n) is 20.2. The number of pyridine rings is 2. The van der Waals surface area contributed by atoms with E-state index in [-0.39, 0.29) is 15.0 Å². The van der Waals surface area contributed by atoms with Crippen LogP contribution in [0.3, 0.4) is 0 Å². The second kappa shape index (κ2) is 8.96. The van der Waals surface area contributed by atoms with Gasteiger partial charge in [0.25, 0.3) is 0 Å². The van der Waals surface area contributed by atoms with E-state index in [2.05, 4.69) is 98.4 Å². The topological polar surface area (TPSA) is 44.7 Å². The van der Waals surface area contributed by atoms with Crippen molar-refractivity contribution in [3.05, 3.63) is 110 Å². The molecule has 180 valence electrons. The first-order valence-corrected chi connectivity index (χ1v) is 13.8. The molecular formula is C30H23N5OSe. The van der Waals surface area contributed by atoms with E-state index in [9.17, 15) is 0 Å². The third-order valence-corrected chi connectivity index (χ3v) is 8.95. The van der Waals surface area contributed by atoms with Gasteiger partial charge in [-0.25, -0.2) is 0 Å². The van der Waals surface area contributed by atoms with Crippen molar-refractivity contribution in [2.45, 2.75) is 0 Å². The first-order valence-electron chi connectivity index (χ1n) is 12.1. The van der Waals surface area contributed by atoms with E-state index >= 15 is 0 Å². The van der Waals surface area contributed by atoms with Crippen LogP contribution in [0.5, 0.6) is 11.5 Å². The Morgan fingerprint density at radius 3 is 2.46 bits per heavy atom. The summed E-state index contributed by atoms with van der Waals surface area (Å²) >= 11 is 0.173. The minimum atomic E-state index is 0.173. The van der Waals surface area contributed by atoms with Crippen LogP contribution in [0.15, 0.2) is 110 Å². The number of ether oxygens (including phenoxy) is 1. The molecule has 5 aromatic rings. The van der Waals surface area contributed by atoms with Gasteiger partial charge in [0.05, 0.1) is 0 Å². The van der Waals surface area contributed by atoms with Crippen molar-refractivity contribution >= 4 is 58.1 Å². The van der Waals surface area contributed by atoms with Gasteiger partial charge in [-0.15, -0.1) is 0 Å². The van der Waals surface area contributed by atoms with Crippen LogP contribution >= 0.6 is 0 Å². The maximum absolute atomic E-state index is 6.44. The van der Waals surface area contributed by atoms with E-state index in [1.54, 1.807) is 0 Å². The quantitative estimate of drug-likeness (QED) is 0.281. The van der Waals surface area contributed by atoms with Gasteiger partial charge >= 0.3 is 216 Å². The van der Waals surface area contributed by atoms with E-state index in [1.807, 2.05) is 42.9 Å². The summed E-state index contributed by atoms with van der Waals surface area (Å²) in [7, 11) is 2.12. The molecule has 6 nitrogen and oxygen atoms in total. The van der Waals surface area contributed by atoms with Crippen LogP contribution in [0.1, 0.15) is 0 Å². The fraction of sp³-hybridized carbons (Fsp3) is 0.0667. The van der Waals surface area contributed by atoms with Crippen molar-refractivity contribution in [2.75, 3.05) is 28.4 Å². The maximum atomic E-state index is 6.44. The molecule has 3 aromatic carbocycles. The molecule has 7 heteroatoms. The van der Waals surface area contributed by atoms with Gasteiger partial charge in [0.15, 0.2) is 0 Å². The van der Waals surface area contributed by atoms with Crippen LogP contribution in [0.25, 0.3) is 0 Å². The molecule has 0 spiro atoms. The van der Waals surface area contributed by atoms with Gasteiger partial charge < -0.3 is 0 Å². The molecule has 2 aliphatic rings. The molecule has 0 amide bonds. The van der Waals surface area contributed by atoms with Crippen molar-refractivity contribution in [3.8, 4) is 11.5 Å². The van der Waals surface area contributed by atoms with Gasteiger partial charge in [0.1, 0.15) is 0 Å². The average molecular weight is 549 g/mol. The molecule has 2 aromatic heterocycles. The van der Waals surface area contributed by atoms with E-state index < -0.39 is 0 Å². The van der Waals surface area contributed by atoms with Crippen molar-refractivity contribution < 1.29 is 4.74 Å². The summed E-state index contributed by atoms with van der Waals surface area (Å²) < 4.78 is 9.01. The summed E-state index contributed by atoms with van der Waals surface area (Å²) in [4.78, 5) is 15.8. The molecule has 0 bridgehead atoms. The van der Waals surface area contributed by atoms with Crippen LogP contribution in [-0.2, 0) is 0 Å². The van der Waals surface area contributed by atoms with E-state index in [1.165, 1.54) is 20.3 Å². The molecule has 0 atom stereocenters. The number of fused-ring (bicyclic) bond motifs is 3. The summed E-state index contributed by atoms with van der Waals surface area (Å²) in [6, 6.07) is 31.2. The van der Waals surface area contributed by atoms with Crippen molar-refractivity contribution in [1.82, 2.24) is 9.97 Å². The van der Waals surface area contributed by atoms with E-state index in [4.69, 9.17) is 4.74 Å². The first kappa shape index (κ1) is 21.9. The molecular weight excluding hydrogens is 525 g/mol. The monoisotopic (exact) mass is 549 g/mol. The SMILES string of the molecule is CN1CN(c2cccc(Oc3ccc4c(c3)N(c3ccccn3)c3cnccc3[Se]4)c2)c2ccccc21. The normalized spacial score (nSPS) is 13.7. The Labute approximate surface area is 221 Å². The fourth-order valence-corrected chi connectivity index (χ4v) is 6.99. The van der Waals surface area contributed by atoms with Crippen molar-refractivity contribution in [2.24, 2.45) is 0 Å². The van der Waals surface area contributed by atoms with Gasteiger partial charge in [-0.2, -0.15) is 0 Å². The fourth-order valence-electron chi connectivity index (χ4n) is 4.88. The van der Waals surface area contributed by atoms with Crippen molar-refractivity contribution in [3.63, 3.8) is 0 Å². The summed E-state index contributed by atoms with van der Waals surface area (Å²) in [5.41, 5.74) is 5.70. The van der Waals surface area contributed by atoms with Crippen LogP contribution in [-0.4, -0.2) is 38.6 Å². The Bertz CT molecular complexity index is 1610. The number of aromatic nitrogens is 2. The minimum absolute atomic E-state index is 0.173. The van der Waals surface area contributed by atoms with E-state index in [0.717, 1.165) is 41.0 Å². The van der Waals surface area contributed by atoms with Gasteiger partial charge in [0, 0.05) is 0 Å². The Hall–Kier alpha value is -4.32. The van der Waals surface area contributed by atoms with Crippen LogP contribution < -0.4 is 28.4 Å². The Morgan fingerprint density at radius 2 is 1.57 bits per heavy atom. The number of benzene rings is 3. The zero-order chi connectivity index (χ0) is 24.8. The number of nitrogens with zero attached hydrogens (tertiary/aromatic N) is 5. The molecule has 0 unspecified atom stereocenters. The molecule has 0 radical (unpaired) electrons. The van der Waals surface area contributed by atoms with Crippen LogP contribution in [0, 0.1) is 0 Å². The van der Waals surface area contributed by atoms with Crippen LogP contribution in [0.4, 0.5) is 34.3 Å². The Kier molecular flexibility index (Phi) is 5.31. The first-order chi connectivity index (χ1) is 18.2. The second-order valence-electron chi connectivity index (χ2n) is 8.95. The summed E-state index contributed by atoms with van der Waals surface area (Å²) in [5, 5.41) is 0. The number of para-hydroxylation sites is 2. The predicted octanol–water partition coefficient (Wildman–Crippen LogP) is 5.25. The molecule has 7 rings (SSSR count). The van der Waals surface area contributed by atoms with E-state index in [0.29, 0.717) is 0 Å². The molecule has 4 heterocycles.